The number of nitrogen functional groups attached to an aromatic ring is 1. The monoisotopic (exact) mass is 344 g/mol. The minimum absolute atomic E-state index is 0.265. The topological polar surface area (TPSA) is 157 Å². The van der Waals surface area contributed by atoms with Gasteiger partial charge in [0.1, 0.15) is 30.2 Å². The van der Waals surface area contributed by atoms with Gasteiger partial charge in [-0.05, 0) is 18.2 Å². The van der Waals surface area contributed by atoms with Crippen LogP contribution in [0.1, 0.15) is 10.4 Å². The van der Waals surface area contributed by atoms with E-state index in [9.17, 15) is 25.2 Å². The van der Waals surface area contributed by atoms with Crippen LogP contribution in [0.5, 0.6) is 5.75 Å². The molecule has 0 unspecified atom stereocenters. The van der Waals surface area contributed by atoms with Crippen LogP contribution in [-0.2, 0) is 0 Å². The predicted molar refractivity (Wildman–Crippen MR) is 85.5 cm³/mol. The van der Waals surface area contributed by atoms with Crippen LogP contribution in [-0.4, -0.2) is 88.1 Å². The highest BCUT2D eigenvalue weighted by Gasteiger charge is 2.31. The van der Waals surface area contributed by atoms with E-state index < -0.39 is 36.9 Å². The summed E-state index contributed by atoms with van der Waals surface area (Å²) in [6.45, 7) is -1.08. The second-order valence-corrected chi connectivity index (χ2v) is 5.44. The molecule has 0 radical (unpaired) electrons. The average Bonchev–Trinajstić information content (AvgIpc) is 2.59. The molecule has 0 spiro atoms. The Morgan fingerprint density at radius 1 is 1.21 bits per heavy atom. The standard InChI is InChI=1S/C15H24N2O7/c1-17(6-10(19)13(21)14(22)11(20)7-18)15(23)8-3-4-9(16)12(5-8)24-2/h3-5,10-11,13-14,18-22H,6-7,16H2,1-2H3/t10-,11+,13+,14+/m0/s1. The van der Waals surface area contributed by atoms with Gasteiger partial charge in [0.05, 0.1) is 19.4 Å². The number of aliphatic hydroxyl groups is 5. The number of ether oxygens (including phenoxy) is 1. The summed E-state index contributed by atoms with van der Waals surface area (Å²) in [6, 6.07) is 4.44. The lowest BCUT2D eigenvalue weighted by Crippen LogP contribution is -2.49. The molecule has 1 aromatic carbocycles. The Hall–Kier alpha value is -1.91. The summed E-state index contributed by atoms with van der Waals surface area (Å²) in [6.07, 6.45) is -6.60. The van der Waals surface area contributed by atoms with Gasteiger partial charge in [-0.2, -0.15) is 0 Å². The number of methoxy groups -OCH3 is 1. The molecule has 0 aromatic heterocycles. The minimum atomic E-state index is -1.75. The second kappa shape index (κ2) is 8.81. The lowest BCUT2D eigenvalue weighted by atomic mass is 10.0. The molecule has 0 heterocycles. The molecular weight excluding hydrogens is 320 g/mol. The maximum Gasteiger partial charge on any atom is 0.253 e. The zero-order valence-corrected chi connectivity index (χ0v) is 13.5. The molecule has 4 atom stereocenters. The summed E-state index contributed by atoms with van der Waals surface area (Å²) in [5, 5.41) is 47.2. The van der Waals surface area contributed by atoms with Crippen molar-refractivity contribution in [3.05, 3.63) is 23.8 Å². The fourth-order valence-electron chi connectivity index (χ4n) is 2.10. The van der Waals surface area contributed by atoms with Crippen molar-refractivity contribution in [2.24, 2.45) is 0 Å². The van der Waals surface area contributed by atoms with Crippen LogP contribution in [0, 0.1) is 0 Å². The Bertz CT molecular complexity index is 555. The van der Waals surface area contributed by atoms with Gasteiger partial charge in [0.25, 0.3) is 5.91 Å². The van der Waals surface area contributed by atoms with Crippen LogP contribution in [0.25, 0.3) is 0 Å². The lowest BCUT2D eigenvalue weighted by Gasteiger charge is -2.28. The first-order chi connectivity index (χ1) is 11.2. The molecule has 0 saturated heterocycles. The van der Waals surface area contributed by atoms with E-state index in [0.29, 0.717) is 11.4 Å². The lowest BCUT2D eigenvalue weighted by molar-refractivity contribution is -0.117. The molecule has 24 heavy (non-hydrogen) atoms. The van der Waals surface area contributed by atoms with Crippen LogP contribution in [0.4, 0.5) is 5.69 Å². The average molecular weight is 344 g/mol. The molecule has 9 heteroatoms. The van der Waals surface area contributed by atoms with Crippen LogP contribution in [0.15, 0.2) is 18.2 Å². The minimum Gasteiger partial charge on any atom is -0.495 e. The van der Waals surface area contributed by atoms with E-state index in [-0.39, 0.29) is 12.1 Å². The summed E-state index contributed by atoms with van der Waals surface area (Å²) in [5.74, 6) is -0.131. The Kier molecular flexibility index (Phi) is 7.39. The van der Waals surface area contributed by atoms with Crippen molar-refractivity contribution in [3.8, 4) is 5.75 Å². The summed E-state index contributed by atoms with van der Waals surface area (Å²) in [5.41, 5.74) is 6.31. The first kappa shape index (κ1) is 20.1. The number of carbonyl (C=O) groups excluding carboxylic acids is 1. The summed E-state index contributed by atoms with van der Waals surface area (Å²) < 4.78 is 5.04. The molecule has 0 bridgehead atoms. The third kappa shape index (κ3) is 4.79. The quantitative estimate of drug-likeness (QED) is 0.290. The molecule has 1 rings (SSSR count). The van der Waals surface area contributed by atoms with Crippen LogP contribution >= 0.6 is 0 Å². The second-order valence-electron chi connectivity index (χ2n) is 5.44. The predicted octanol–water partition coefficient (Wildman–Crippen LogP) is -2.21. The molecular formula is C15H24N2O7. The zero-order chi connectivity index (χ0) is 18.4. The Morgan fingerprint density at radius 2 is 1.79 bits per heavy atom. The van der Waals surface area contributed by atoms with Crippen molar-refractivity contribution in [3.63, 3.8) is 0 Å². The van der Waals surface area contributed by atoms with Crippen molar-refractivity contribution in [2.75, 3.05) is 33.0 Å². The fraction of sp³-hybridized carbons (Fsp3) is 0.533. The third-order valence-corrected chi connectivity index (χ3v) is 3.61. The van der Waals surface area contributed by atoms with E-state index in [1.165, 1.54) is 32.4 Å². The number of rotatable bonds is 8. The van der Waals surface area contributed by atoms with E-state index in [1.54, 1.807) is 0 Å². The Labute approximate surface area is 139 Å². The number of amides is 1. The van der Waals surface area contributed by atoms with Crippen LogP contribution in [0.2, 0.25) is 0 Å². The van der Waals surface area contributed by atoms with Gasteiger partial charge in [0.15, 0.2) is 0 Å². The van der Waals surface area contributed by atoms with Gasteiger partial charge in [-0.15, -0.1) is 0 Å². The molecule has 0 aliphatic heterocycles. The highest BCUT2D eigenvalue weighted by molar-refractivity contribution is 5.95. The highest BCUT2D eigenvalue weighted by Crippen LogP contribution is 2.23. The van der Waals surface area contributed by atoms with E-state index >= 15 is 0 Å². The molecule has 0 fully saturated rings. The molecule has 0 saturated carbocycles. The number of nitrogens with two attached hydrogens (primary N) is 1. The Morgan fingerprint density at radius 3 is 2.33 bits per heavy atom. The molecule has 7 N–H and O–H groups in total. The maximum absolute atomic E-state index is 12.3. The van der Waals surface area contributed by atoms with Gasteiger partial charge in [0.2, 0.25) is 0 Å². The van der Waals surface area contributed by atoms with E-state index in [1.807, 2.05) is 0 Å². The van der Waals surface area contributed by atoms with Gasteiger partial charge in [0, 0.05) is 19.2 Å². The van der Waals surface area contributed by atoms with Gasteiger partial charge < -0.3 is 40.9 Å². The zero-order valence-electron chi connectivity index (χ0n) is 13.5. The number of benzene rings is 1. The van der Waals surface area contributed by atoms with Gasteiger partial charge in [-0.3, -0.25) is 4.79 Å². The van der Waals surface area contributed by atoms with E-state index in [4.69, 9.17) is 15.6 Å². The summed E-state index contributed by atoms with van der Waals surface area (Å²) in [4.78, 5) is 13.5. The number of likely N-dealkylation sites (N-methyl/N-ethyl adjacent to an activating group) is 1. The van der Waals surface area contributed by atoms with Crippen molar-refractivity contribution >= 4 is 11.6 Å². The fourth-order valence-corrected chi connectivity index (χ4v) is 2.10. The van der Waals surface area contributed by atoms with Gasteiger partial charge in [-0.25, -0.2) is 0 Å². The molecule has 0 aliphatic rings. The summed E-state index contributed by atoms with van der Waals surface area (Å²) >= 11 is 0. The molecule has 9 nitrogen and oxygen atoms in total. The molecule has 136 valence electrons. The molecule has 1 amide bonds. The number of hydrogen-bond donors (Lipinski definition) is 6. The van der Waals surface area contributed by atoms with Crippen LogP contribution < -0.4 is 10.5 Å². The van der Waals surface area contributed by atoms with Crippen molar-refractivity contribution < 1.29 is 35.1 Å². The number of aliphatic hydroxyl groups excluding tert-OH is 5. The normalized spacial score (nSPS) is 16.1. The smallest absolute Gasteiger partial charge is 0.253 e. The van der Waals surface area contributed by atoms with Crippen molar-refractivity contribution in [1.82, 2.24) is 4.90 Å². The number of hydrogen-bond acceptors (Lipinski definition) is 8. The van der Waals surface area contributed by atoms with Crippen molar-refractivity contribution in [1.29, 1.82) is 0 Å². The first-order valence-electron chi connectivity index (χ1n) is 7.25. The number of carbonyl (C=O) groups is 1. The van der Waals surface area contributed by atoms with E-state index in [2.05, 4.69) is 0 Å². The highest BCUT2D eigenvalue weighted by atomic mass is 16.5. The van der Waals surface area contributed by atoms with Crippen LogP contribution in [0.3, 0.4) is 0 Å². The van der Waals surface area contributed by atoms with Gasteiger partial charge >= 0.3 is 0 Å². The van der Waals surface area contributed by atoms with E-state index in [0.717, 1.165) is 4.90 Å². The Balaban J connectivity index is 2.76. The van der Waals surface area contributed by atoms with Gasteiger partial charge in [-0.1, -0.05) is 0 Å². The van der Waals surface area contributed by atoms with Crippen molar-refractivity contribution in [2.45, 2.75) is 24.4 Å². The number of anilines is 1. The third-order valence-electron chi connectivity index (χ3n) is 3.61. The largest absolute Gasteiger partial charge is 0.495 e. The number of nitrogens with zero attached hydrogens (tertiary/aromatic N) is 1. The maximum atomic E-state index is 12.3. The molecule has 0 aliphatic carbocycles. The SMILES string of the molecule is COc1cc(C(=O)N(C)C[C@H](O)[C@@H](O)[C@H](O)[C@H](O)CO)ccc1N. The molecule has 1 aromatic rings. The first-order valence-corrected chi connectivity index (χ1v) is 7.25. The summed E-state index contributed by atoms with van der Waals surface area (Å²) in [7, 11) is 2.81.